The van der Waals surface area contributed by atoms with E-state index < -0.39 is 0 Å². The number of nitrogens with zero attached hydrogens (tertiary/aromatic N) is 1. The van der Waals surface area contributed by atoms with E-state index in [2.05, 4.69) is 20.8 Å². The van der Waals surface area contributed by atoms with Gasteiger partial charge in [-0.1, -0.05) is 36.4 Å². The fourth-order valence-electron chi connectivity index (χ4n) is 3.16. The molecule has 0 saturated heterocycles. The minimum Gasteiger partial charge on any atom is -0.361 e. The van der Waals surface area contributed by atoms with Crippen LogP contribution in [0.15, 0.2) is 84.1 Å². The van der Waals surface area contributed by atoms with E-state index in [0.29, 0.717) is 16.8 Å². The van der Waals surface area contributed by atoms with E-state index >= 15 is 0 Å². The molecule has 0 bridgehead atoms. The minimum absolute atomic E-state index is 0.186. The number of aromatic nitrogens is 1. The summed E-state index contributed by atoms with van der Waals surface area (Å²) in [7, 11) is 0. The molecule has 0 unspecified atom stereocenters. The number of carbonyl (C=O) groups excluding carboxylic acids is 2. The van der Waals surface area contributed by atoms with Gasteiger partial charge in [0.1, 0.15) is 0 Å². The molecule has 2 amide bonds. The second-order valence-corrected chi connectivity index (χ2v) is 6.84. The number of H-pyrrole nitrogens is 1. The summed E-state index contributed by atoms with van der Waals surface area (Å²) in [5, 5.41) is 7.92. The maximum atomic E-state index is 12.4. The number of nitrogens with one attached hydrogen (secondary N) is 3. The second-order valence-electron chi connectivity index (χ2n) is 6.84. The van der Waals surface area contributed by atoms with Crippen LogP contribution in [0, 0.1) is 6.92 Å². The molecule has 4 rings (SSSR count). The van der Waals surface area contributed by atoms with Gasteiger partial charge in [0.15, 0.2) is 0 Å². The number of hydrazone groups is 1. The summed E-state index contributed by atoms with van der Waals surface area (Å²) in [6.07, 6.45) is 3.44. The summed E-state index contributed by atoms with van der Waals surface area (Å²) in [6, 6.07) is 21.9. The number of fused-ring (bicyclic) bond motifs is 1. The lowest BCUT2D eigenvalue weighted by atomic mass is 10.1. The highest BCUT2D eigenvalue weighted by Gasteiger charge is 2.09. The van der Waals surface area contributed by atoms with Gasteiger partial charge in [-0.3, -0.25) is 9.59 Å². The van der Waals surface area contributed by atoms with Crippen LogP contribution in [0.1, 0.15) is 31.8 Å². The van der Waals surface area contributed by atoms with E-state index in [4.69, 9.17) is 0 Å². The van der Waals surface area contributed by atoms with Gasteiger partial charge < -0.3 is 10.3 Å². The Labute approximate surface area is 173 Å². The molecule has 1 aromatic heterocycles. The van der Waals surface area contributed by atoms with E-state index in [9.17, 15) is 9.59 Å². The largest absolute Gasteiger partial charge is 0.361 e. The van der Waals surface area contributed by atoms with Crippen molar-refractivity contribution >= 4 is 34.6 Å². The number of aryl methyl sites for hydroxylation is 1. The molecule has 0 radical (unpaired) electrons. The number of hydrogen-bond donors (Lipinski definition) is 3. The molecular formula is C24H20N4O2. The predicted molar refractivity (Wildman–Crippen MR) is 119 cm³/mol. The van der Waals surface area contributed by atoms with Crippen molar-refractivity contribution in [2.75, 3.05) is 5.32 Å². The number of rotatable bonds is 5. The van der Waals surface area contributed by atoms with Crippen molar-refractivity contribution in [2.45, 2.75) is 6.92 Å². The molecule has 1 heterocycles. The van der Waals surface area contributed by atoms with E-state index in [1.54, 1.807) is 36.5 Å². The molecule has 3 aromatic carbocycles. The molecule has 30 heavy (non-hydrogen) atoms. The molecule has 0 fully saturated rings. The SMILES string of the molecule is Cc1ccccc1C(=O)Nc1ccc(C(=O)NN=Cc2c[nH]c3ccccc23)cc1. The molecule has 3 N–H and O–H groups in total. The molecule has 0 aliphatic carbocycles. The van der Waals surface area contributed by atoms with Gasteiger partial charge >= 0.3 is 0 Å². The first kappa shape index (κ1) is 19.1. The predicted octanol–water partition coefficient (Wildman–Crippen LogP) is 4.49. The molecule has 0 aliphatic heterocycles. The molecule has 0 aliphatic rings. The van der Waals surface area contributed by atoms with Gasteiger partial charge in [0.25, 0.3) is 11.8 Å². The number of amides is 2. The molecular weight excluding hydrogens is 376 g/mol. The fraction of sp³-hybridized carbons (Fsp3) is 0.0417. The summed E-state index contributed by atoms with van der Waals surface area (Å²) in [5.41, 5.74) is 7.00. The van der Waals surface area contributed by atoms with Crippen LogP contribution in [0.25, 0.3) is 10.9 Å². The number of para-hydroxylation sites is 1. The number of carbonyl (C=O) groups is 2. The molecule has 148 valence electrons. The monoisotopic (exact) mass is 396 g/mol. The Morgan fingerprint density at radius 1 is 0.900 bits per heavy atom. The lowest BCUT2D eigenvalue weighted by Gasteiger charge is -2.08. The Hall–Kier alpha value is -4.19. The van der Waals surface area contributed by atoms with Crippen molar-refractivity contribution in [2.24, 2.45) is 5.10 Å². The second kappa shape index (κ2) is 8.45. The number of aromatic amines is 1. The first-order valence-corrected chi connectivity index (χ1v) is 9.48. The first-order chi connectivity index (χ1) is 14.6. The Kier molecular flexibility index (Phi) is 5.39. The highest BCUT2D eigenvalue weighted by Crippen LogP contribution is 2.16. The van der Waals surface area contributed by atoms with E-state index in [0.717, 1.165) is 22.0 Å². The van der Waals surface area contributed by atoms with Crippen LogP contribution in [0.4, 0.5) is 5.69 Å². The summed E-state index contributed by atoms with van der Waals surface area (Å²) in [5.74, 6) is -0.517. The Morgan fingerprint density at radius 2 is 1.63 bits per heavy atom. The van der Waals surface area contributed by atoms with Gasteiger partial charge in [0, 0.05) is 39.5 Å². The topological polar surface area (TPSA) is 86.3 Å². The van der Waals surface area contributed by atoms with Crippen molar-refractivity contribution in [3.8, 4) is 0 Å². The highest BCUT2D eigenvalue weighted by molar-refractivity contribution is 6.05. The third kappa shape index (κ3) is 4.12. The number of benzene rings is 3. The number of anilines is 1. The third-order valence-corrected chi connectivity index (χ3v) is 4.79. The summed E-state index contributed by atoms with van der Waals surface area (Å²) >= 11 is 0. The van der Waals surface area contributed by atoms with Gasteiger partial charge in [-0.15, -0.1) is 0 Å². The molecule has 4 aromatic rings. The smallest absolute Gasteiger partial charge is 0.271 e. The van der Waals surface area contributed by atoms with Crippen LogP contribution in [-0.4, -0.2) is 23.0 Å². The zero-order valence-electron chi connectivity index (χ0n) is 16.3. The van der Waals surface area contributed by atoms with E-state index in [-0.39, 0.29) is 11.8 Å². The maximum absolute atomic E-state index is 12.4. The van der Waals surface area contributed by atoms with Crippen LogP contribution in [0.5, 0.6) is 0 Å². The molecule has 0 saturated carbocycles. The van der Waals surface area contributed by atoms with Gasteiger partial charge in [-0.2, -0.15) is 5.10 Å². The van der Waals surface area contributed by atoms with Gasteiger partial charge in [-0.05, 0) is 48.9 Å². The summed E-state index contributed by atoms with van der Waals surface area (Å²) in [6.45, 7) is 1.89. The van der Waals surface area contributed by atoms with E-state index in [1.165, 1.54) is 0 Å². The van der Waals surface area contributed by atoms with Gasteiger partial charge in [-0.25, -0.2) is 5.43 Å². The highest BCUT2D eigenvalue weighted by atomic mass is 16.2. The lowest BCUT2D eigenvalue weighted by Crippen LogP contribution is -2.18. The fourth-order valence-corrected chi connectivity index (χ4v) is 3.16. The molecule has 0 atom stereocenters. The molecule has 6 nitrogen and oxygen atoms in total. The zero-order valence-corrected chi connectivity index (χ0v) is 16.3. The lowest BCUT2D eigenvalue weighted by molar-refractivity contribution is 0.0954. The van der Waals surface area contributed by atoms with Gasteiger partial charge in [0.2, 0.25) is 0 Å². The standard InChI is InChI=1S/C24H20N4O2/c1-16-6-2-3-7-20(16)24(30)27-19-12-10-17(11-13-19)23(29)28-26-15-18-14-25-22-9-5-4-8-21(18)22/h2-15,25H,1H3,(H,27,30)(H,28,29). The summed E-state index contributed by atoms with van der Waals surface area (Å²) in [4.78, 5) is 27.9. The maximum Gasteiger partial charge on any atom is 0.271 e. The normalized spacial score (nSPS) is 11.0. The van der Waals surface area contributed by atoms with E-state index in [1.807, 2.05) is 55.6 Å². The van der Waals surface area contributed by atoms with Crippen LogP contribution in [-0.2, 0) is 0 Å². The van der Waals surface area contributed by atoms with Crippen LogP contribution in [0.2, 0.25) is 0 Å². The average Bonchev–Trinajstić information content (AvgIpc) is 3.17. The number of hydrogen-bond acceptors (Lipinski definition) is 3. The Bertz CT molecular complexity index is 1240. The Morgan fingerprint density at radius 3 is 2.43 bits per heavy atom. The van der Waals surface area contributed by atoms with Crippen LogP contribution < -0.4 is 10.7 Å². The third-order valence-electron chi connectivity index (χ3n) is 4.79. The average molecular weight is 396 g/mol. The van der Waals surface area contributed by atoms with Crippen molar-refractivity contribution in [3.05, 3.63) is 101 Å². The molecule has 6 heteroatoms. The zero-order chi connectivity index (χ0) is 20.9. The van der Waals surface area contributed by atoms with Gasteiger partial charge in [0.05, 0.1) is 6.21 Å². The van der Waals surface area contributed by atoms with Crippen molar-refractivity contribution < 1.29 is 9.59 Å². The van der Waals surface area contributed by atoms with Crippen molar-refractivity contribution in [1.82, 2.24) is 10.4 Å². The molecule has 0 spiro atoms. The quantitative estimate of drug-likeness (QED) is 0.343. The Balaban J connectivity index is 1.38. The van der Waals surface area contributed by atoms with Crippen LogP contribution >= 0.6 is 0 Å². The van der Waals surface area contributed by atoms with Crippen molar-refractivity contribution in [1.29, 1.82) is 0 Å². The van der Waals surface area contributed by atoms with Crippen LogP contribution in [0.3, 0.4) is 0 Å². The van der Waals surface area contributed by atoms with Crippen molar-refractivity contribution in [3.63, 3.8) is 0 Å². The minimum atomic E-state index is -0.331. The first-order valence-electron chi connectivity index (χ1n) is 9.48. The summed E-state index contributed by atoms with van der Waals surface area (Å²) < 4.78 is 0.